The zero-order valence-electron chi connectivity index (χ0n) is 41.9. The van der Waals surface area contributed by atoms with E-state index < -0.39 is 0 Å². The van der Waals surface area contributed by atoms with Gasteiger partial charge in [-0.05, 0) is 190 Å². The Morgan fingerprint density at radius 3 is 1.13 bits per heavy atom. The number of anilines is 3. The molecule has 76 heavy (non-hydrogen) atoms. The number of benzene rings is 16. The second-order valence-electron chi connectivity index (χ2n) is 20.7. The highest BCUT2D eigenvalue weighted by Gasteiger charge is 2.21. The molecule has 16 aromatic carbocycles. The average Bonchev–Trinajstić information content (AvgIpc) is 3.60. The largest absolute Gasteiger partial charge is 0.311 e. The molecule has 0 atom stereocenters. The predicted molar refractivity (Wildman–Crippen MR) is 328 cm³/mol. The van der Waals surface area contributed by atoms with Gasteiger partial charge in [0.25, 0.3) is 0 Å². The molecule has 16 rings (SSSR count). The van der Waals surface area contributed by atoms with Gasteiger partial charge in [0.2, 0.25) is 0 Å². The van der Waals surface area contributed by atoms with Gasteiger partial charge in [-0.2, -0.15) is 0 Å². The lowest BCUT2D eigenvalue weighted by molar-refractivity contribution is 1.28. The molecule has 1 heteroatoms. The van der Waals surface area contributed by atoms with Crippen molar-refractivity contribution in [2.24, 2.45) is 0 Å². The van der Waals surface area contributed by atoms with Crippen LogP contribution in [0.3, 0.4) is 0 Å². The molecule has 0 aliphatic heterocycles. The van der Waals surface area contributed by atoms with Gasteiger partial charge in [-0.25, -0.2) is 0 Å². The fourth-order valence-corrected chi connectivity index (χ4v) is 13.3. The Morgan fingerprint density at radius 2 is 0.566 bits per heavy atom. The molecule has 352 valence electrons. The summed E-state index contributed by atoms with van der Waals surface area (Å²) >= 11 is 0. The van der Waals surface area contributed by atoms with Crippen LogP contribution >= 0.6 is 0 Å². The van der Waals surface area contributed by atoms with Gasteiger partial charge >= 0.3 is 0 Å². The van der Waals surface area contributed by atoms with Gasteiger partial charge in [-0.3, -0.25) is 0 Å². The molecule has 1 nitrogen and oxygen atoms in total. The highest BCUT2D eigenvalue weighted by atomic mass is 15.1. The molecular weight excluding hydrogens is 915 g/mol. The minimum Gasteiger partial charge on any atom is -0.311 e. The van der Waals surface area contributed by atoms with Gasteiger partial charge in [0, 0.05) is 17.1 Å². The zero-order valence-corrected chi connectivity index (χ0v) is 41.9. The van der Waals surface area contributed by atoms with Gasteiger partial charge in [0.15, 0.2) is 0 Å². The molecule has 0 unspecified atom stereocenters. The van der Waals surface area contributed by atoms with Crippen LogP contribution in [-0.2, 0) is 0 Å². The molecule has 0 saturated heterocycles. The standard InChI is InChI=1S/C75H47N/c1-46-24-25-52-34-43-68-58(42-33-53-32-41-57(46)73(52)74(53)68)47-26-35-54(36-27-47)76(56-39-30-51(31-40-56)72-63-18-7-5-16-61(63)70(49-12-3-2-4-13-49)62-17-6-8-19-64(62)72)55-37-28-48(29-38-55)59-44-45-69-66-21-10-15-50-14-9-20-65(71(50)66)67-23-11-22-60(59)75(67)69/h2-45H,1H3. The van der Waals surface area contributed by atoms with Gasteiger partial charge < -0.3 is 4.90 Å². The second-order valence-corrected chi connectivity index (χ2v) is 20.7. The van der Waals surface area contributed by atoms with Crippen LogP contribution in [0.15, 0.2) is 267 Å². The number of rotatable bonds is 7. The van der Waals surface area contributed by atoms with Gasteiger partial charge in [-0.1, -0.05) is 231 Å². The van der Waals surface area contributed by atoms with E-state index in [-0.39, 0.29) is 0 Å². The first-order valence-electron chi connectivity index (χ1n) is 26.5. The summed E-state index contributed by atoms with van der Waals surface area (Å²) in [4.78, 5) is 2.41. The normalized spacial score (nSPS) is 12.0. The summed E-state index contributed by atoms with van der Waals surface area (Å²) in [6, 6.07) is 99.6. The lowest BCUT2D eigenvalue weighted by atomic mass is 9.86. The van der Waals surface area contributed by atoms with Crippen molar-refractivity contribution >= 4 is 114 Å². The summed E-state index contributed by atoms with van der Waals surface area (Å²) in [7, 11) is 0. The monoisotopic (exact) mass is 961 g/mol. The lowest BCUT2D eigenvalue weighted by Crippen LogP contribution is -2.09. The molecule has 0 amide bonds. The molecule has 0 spiro atoms. The van der Waals surface area contributed by atoms with Crippen LogP contribution in [0.4, 0.5) is 17.1 Å². The van der Waals surface area contributed by atoms with Crippen molar-refractivity contribution < 1.29 is 0 Å². The Kier molecular flexibility index (Phi) is 9.32. The smallest absolute Gasteiger partial charge is 0.0462 e. The molecule has 0 saturated carbocycles. The first-order chi connectivity index (χ1) is 37.6. The fraction of sp³-hybridized carbons (Fsp3) is 0.0133. The van der Waals surface area contributed by atoms with Crippen LogP contribution < -0.4 is 4.90 Å². The maximum absolute atomic E-state index is 2.41. The van der Waals surface area contributed by atoms with Gasteiger partial charge in [0.05, 0.1) is 0 Å². The third-order valence-electron chi connectivity index (χ3n) is 16.7. The van der Waals surface area contributed by atoms with E-state index in [2.05, 4.69) is 279 Å². The topological polar surface area (TPSA) is 3.24 Å². The van der Waals surface area contributed by atoms with E-state index in [0.717, 1.165) is 17.1 Å². The molecule has 0 bridgehead atoms. The molecule has 0 aliphatic carbocycles. The maximum atomic E-state index is 2.41. The summed E-state index contributed by atoms with van der Waals surface area (Å²) in [5, 5.41) is 23.3. The van der Waals surface area contributed by atoms with Crippen LogP contribution in [0.1, 0.15) is 5.56 Å². The van der Waals surface area contributed by atoms with Crippen molar-refractivity contribution in [3.8, 4) is 44.5 Å². The molecule has 0 aromatic heterocycles. The minimum absolute atomic E-state index is 1.09. The average molecular weight is 962 g/mol. The summed E-state index contributed by atoms with van der Waals surface area (Å²) in [6.45, 7) is 2.22. The number of nitrogens with zero attached hydrogens (tertiary/aromatic N) is 1. The summed E-state index contributed by atoms with van der Waals surface area (Å²) in [5.41, 5.74) is 14.4. The first kappa shape index (κ1) is 42.7. The van der Waals surface area contributed by atoms with Crippen molar-refractivity contribution in [2.75, 3.05) is 4.90 Å². The molecule has 0 radical (unpaired) electrons. The number of aryl methyl sites for hydroxylation is 1. The highest BCUT2D eigenvalue weighted by Crippen LogP contribution is 2.48. The maximum Gasteiger partial charge on any atom is 0.0462 e. The third kappa shape index (κ3) is 6.33. The van der Waals surface area contributed by atoms with Crippen molar-refractivity contribution in [1.29, 1.82) is 0 Å². The van der Waals surface area contributed by atoms with Crippen molar-refractivity contribution in [1.82, 2.24) is 0 Å². The van der Waals surface area contributed by atoms with Crippen molar-refractivity contribution in [3.63, 3.8) is 0 Å². The second kappa shape index (κ2) is 16.6. The number of fused-ring (bicyclic) bond motifs is 4. The molecule has 0 heterocycles. The van der Waals surface area contributed by atoms with Crippen molar-refractivity contribution in [2.45, 2.75) is 6.92 Å². The van der Waals surface area contributed by atoms with E-state index in [1.54, 1.807) is 0 Å². The molecule has 0 N–H and O–H groups in total. The van der Waals surface area contributed by atoms with Crippen LogP contribution in [0, 0.1) is 6.92 Å². The number of hydrogen-bond donors (Lipinski definition) is 0. The predicted octanol–water partition coefficient (Wildman–Crippen LogP) is 21.4. The molecule has 0 aliphatic rings. The quantitative estimate of drug-likeness (QED) is 0.114. The third-order valence-corrected chi connectivity index (χ3v) is 16.7. The van der Waals surface area contributed by atoms with Crippen LogP contribution in [0.5, 0.6) is 0 Å². The Morgan fingerprint density at radius 1 is 0.211 bits per heavy atom. The minimum atomic E-state index is 1.09. The van der Waals surface area contributed by atoms with E-state index in [1.165, 1.54) is 147 Å². The van der Waals surface area contributed by atoms with Crippen LogP contribution in [0.2, 0.25) is 0 Å². The van der Waals surface area contributed by atoms with Crippen LogP contribution in [0.25, 0.3) is 141 Å². The zero-order chi connectivity index (χ0) is 50.0. The molecular formula is C75H47N. The van der Waals surface area contributed by atoms with E-state index in [0.29, 0.717) is 0 Å². The lowest BCUT2D eigenvalue weighted by Gasteiger charge is -2.26. The van der Waals surface area contributed by atoms with E-state index in [9.17, 15) is 0 Å². The van der Waals surface area contributed by atoms with E-state index in [4.69, 9.17) is 0 Å². The van der Waals surface area contributed by atoms with E-state index >= 15 is 0 Å². The Labute approximate surface area is 440 Å². The van der Waals surface area contributed by atoms with Gasteiger partial charge in [0.1, 0.15) is 0 Å². The Balaban J connectivity index is 0.839. The summed E-state index contributed by atoms with van der Waals surface area (Å²) in [5.74, 6) is 0. The van der Waals surface area contributed by atoms with Crippen molar-refractivity contribution in [3.05, 3.63) is 272 Å². The molecule has 16 aromatic rings. The molecule has 0 fully saturated rings. The number of hydrogen-bond acceptors (Lipinski definition) is 1. The first-order valence-corrected chi connectivity index (χ1v) is 26.5. The van der Waals surface area contributed by atoms with E-state index in [1.807, 2.05) is 0 Å². The summed E-state index contributed by atoms with van der Waals surface area (Å²) < 4.78 is 0. The SMILES string of the molecule is Cc1ccc2ccc3c(-c4ccc(N(c5ccc(-c6c7ccccc7c(-c7ccccc7)c7ccccc67)cc5)c5ccc(-c6ccc7c8cccc9cccc(c%10cccc6c%107)c98)cc5)cc4)ccc4ccc1c2c43. The summed E-state index contributed by atoms with van der Waals surface area (Å²) in [6.07, 6.45) is 0. The Hall–Kier alpha value is -9.82. The van der Waals surface area contributed by atoms with Crippen LogP contribution in [-0.4, -0.2) is 0 Å². The Bertz CT molecular complexity index is 4850. The highest BCUT2D eigenvalue weighted by molar-refractivity contribution is 6.34. The fourth-order valence-electron chi connectivity index (χ4n) is 13.3. The van der Waals surface area contributed by atoms with Gasteiger partial charge in [-0.15, -0.1) is 0 Å².